The van der Waals surface area contributed by atoms with E-state index in [1.54, 1.807) is 23.3 Å². The van der Waals surface area contributed by atoms with Crippen LogP contribution in [0.4, 0.5) is 0 Å². The number of benzene rings is 4. The molecule has 6 aromatic rings. The monoisotopic (exact) mass is 754 g/mol. The van der Waals surface area contributed by atoms with Crippen molar-refractivity contribution >= 4 is 27.0 Å². The van der Waals surface area contributed by atoms with Crippen LogP contribution in [0.3, 0.4) is 0 Å². The van der Waals surface area contributed by atoms with Gasteiger partial charge in [0.1, 0.15) is 0 Å². The fraction of sp³-hybridized carbons (Fsp3) is 0.302. The Balaban J connectivity index is 0.000000283. The van der Waals surface area contributed by atoms with Crippen LogP contribution in [-0.4, -0.2) is 5.43 Å². The van der Waals surface area contributed by atoms with Crippen LogP contribution in [0, 0.1) is 20.8 Å². The van der Waals surface area contributed by atoms with Gasteiger partial charge in [0.2, 0.25) is 0 Å². The molecular weight excluding hydrogens is 707 g/mol. The van der Waals surface area contributed by atoms with Crippen LogP contribution < -0.4 is 24.8 Å². The van der Waals surface area contributed by atoms with Crippen LogP contribution in [0.25, 0.3) is 43.8 Å². The van der Waals surface area contributed by atoms with Gasteiger partial charge >= 0.3 is 41.9 Å². The normalized spacial score (nSPS) is 10.3. The third-order valence-corrected chi connectivity index (χ3v) is 8.15. The minimum atomic E-state index is 0. The van der Waals surface area contributed by atoms with Crippen LogP contribution in [0.1, 0.15) is 67.0 Å². The third-order valence-electron chi connectivity index (χ3n) is 8.15. The van der Waals surface area contributed by atoms with Gasteiger partial charge in [-0.05, 0) is 55.4 Å². The summed E-state index contributed by atoms with van der Waals surface area (Å²) < 4.78 is 0. The van der Waals surface area contributed by atoms with Crippen LogP contribution >= 0.6 is 0 Å². The number of fused-ring (bicyclic) bond motifs is 2. The van der Waals surface area contributed by atoms with Crippen molar-refractivity contribution in [3.63, 3.8) is 0 Å². The largest absolute Gasteiger partial charge is 1.00 e. The molecule has 4 heteroatoms. The average molecular weight is 757 g/mol. The van der Waals surface area contributed by atoms with E-state index in [2.05, 4.69) is 152 Å². The summed E-state index contributed by atoms with van der Waals surface area (Å²) in [4.78, 5) is 0. The molecule has 0 fully saturated rings. The van der Waals surface area contributed by atoms with Crippen LogP contribution in [0.15, 0.2) is 97.1 Å². The quantitative estimate of drug-likeness (QED) is 0.127. The summed E-state index contributed by atoms with van der Waals surface area (Å²) in [5, 5.41) is 5.49. The van der Waals surface area contributed by atoms with E-state index in [9.17, 15) is 0 Å². The van der Waals surface area contributed by atoms with Crippen molar-refractivity contribution in [3.8, 4) is 22.3 Å². The number of hydrogen-bond acceptors (Lipinski definition) is 0. The van der Waals surface area contributed by atoms with E-state index in [0.29, 0.717) is 0 Å². The maximum atomic E-state index is 2.35. The molecule has 0 bridgehead atoms. The Hall–Kier alpha value is -2.22. The van der Waals surface area contributed by atoms with Gasteiger partial charge in [-0.15, -0.1) is 56.9 Å². The molecule has 0 unspecified atom stereocenters. The Morgan fingerprint density at radius 2 is 0.979 bits per heavy atom. The van der Waals surface area contributed by atoms with Gasteiger partial charge in [0.15, 0.2) is 0 Å². The van der Waals surface area contributed by atoms with Gasteiger partial charge in [0.05, 0.1) is 0 Å². The van der Waals surface area contributed by atoms with Gasteiger partial charge in [0, 0.05) is 0 Å². The average Bonchev–Trinajstić information content (AvgIpc) is 3.60. The Bertz CT molecular complexity index is 1850. The van der Waals surface area contributed by atoms with Crippen molar-refractivity contribution in [3.05, 3.63) is 130 Å². The number of rotatable bonds is 7. The predicted octanol–water partition coefficient (Wildman–Crippen LogP) is 6.64. The number of aryl methyl sites for hydroxylation is 6. The molecule has 0 heterocycles. The van der Waals surface area contributed by atoms with Crippen molar-refractivity contribution in [2.75, 3.05) is 0 Å². The second-order valence-electron chi connectivity index (χ2n) is 12.8. The van der Waals surface area contributed by atoms with Gasteiger partial charge in [-0.2, -0.15) is 12.1 Å². The predicted molar refractivity (Wildman–Crippen MR) is 199 cm³/mol. The van der Waals surface area contributed by atoms with E-state index in [-0.39, 0.29) is 30.2 Å². The molecular formula is C43H50Cl2SiZr-2. The molecule has 0 saturated heterocycles. The molecule has 0 saturated carbocycles. The van der Waals surface area contributed by atoms with Crippen LogP contribution in [0.2, 0.25) is 13.1 Å². The van der Waals surface area contributed by atoms with Crippen molar-refractivity contribution in [1.82, 2.24) is 0 Å². The van der Waals surface area contributed by atoms with E-state index < -0.39 is 0 Å². The Morgan fingerprint density at radius 1 is 0.574 bits per heavy atom. The zero-order valence-corrected chi connectivity index (χ0v) is 34.5. The molecule has 6 rings (SSSR count). The van der Waals surface area contributed by atoms with E-state index in [1.807, 2.05) is 0 Å². The second kappa shape index (κ2) is 19.7. The molecule has 0 aromatic heterocycles. The van der Waals surface area contributed by atoms with E-state index >= 15 is 0 Å². The maximum Gasteiger partial charge on any atom is -1.00 e. The summed E-state index contributed by atoms with van der Waals surface area (Å²) >= 11 is 1.74. The Labute approximate surface area is 312 Å². The summed E-state index contributed by atoms with van der Waals surface area (Å²) in [5.74, 6) is 0. The Morgan fingerprint density at radius 3 is 1.38 bits per heavy atom. The van der Waals surface area contributed by atoms with Gasteiger partial charge in [-0.3, -0.25) is 0 Å². The number of halogens is 2. The molecule has 0 radical (unpaired) electrons. The Kier molecular flexibility index (Phi) is 17.2. The van der Waals surface area contributed by atoms with Crippen molar-refractivity contribution in [2.24, 2.45) is 0 Å². The zero-order valence-electron chi connectivity index (χ0n) is 29.5. The molecule has 0 aliphatic rings. The summed E-state index contributed by atoms with van der Waals surface area (Å²) in [6.45, 7) is 17.8. The summed E-state index contributed by atoms with van der Waals surface area (Å²) in [6.07, 6.45) is 5.84. The smallest absolute Gasteiger partial charge is 1.00 e. The SMILES string of the molecule is CCCc1ccc(-c2cc(C)cc3[cH-]c(C)cc23)cc1.CCCc1ccc(-c2cc(C)cc3[cH-]c(CC)cc23)cc1.C[Si](C)=[Zr+2].[Cl-].[Cl-]. The summed E-state index contributed by atoms with van der Waals surface area (Å²) in [6, 6.07) is 36.6. The minimum Gasteiger partial charge on any atom is -1.00 e. The third kappa shape index (κ3) is 11.4. The first-order chi connectivity index (χ1) is 21.6. The standard InChI is InChI=1S/C21H23.C20H21.C2H6Si.2ClH.Zr/c1-4-6-17-7-9-18(10-8-17)20-12-15(3)11-19-13-16(5-2)14-21(19)20;1-4-5-16-6-8-17(9-7-16)19-12-14(2)10-18-11-15(3)13-20(18)19;1-3-2;;;/h7-14H,4-6H2,1-3H3;6-13H,4-5H2,1-3H3;1-2H3;2*1H;/q2*-1;;;;+2/p-2. The van der Waals surface area contributed by atoms with E-state index in [4.69, 9.17) is 0 Å². The van der Waals surface area contributed by atoms with Gasteiger partial charge in [-0.25, -0.2) is 0 Å². The maximum absolute atomic E-state index is 2.35. The first-order valence-electron chi connectivity index (χ1n) is 16.7. The van der Waals surface area contributed by atoms with E-state index in [0.717, 1.165) is 6.42 Å². The fourth-order valence-corrected chi connectivity index (χ4v) is 6.11. The van der Waals surface area contributed by atoms with Crippen LogP contribution in [-0.2, 0) is 42.6 Å². The van der Waals surface area contributed by atoms with E-state index in [1.165, 1.54) is 103 Å². The fourth-order valence-electron chi connectivity index (χ4n) is 6.11. The molecule has 0 spiro atoms. The molecule has 0 aliphatic carbocycles. The van der Waals surface area contributed by atoms with Gasteiger partial charge in [-0.1, -0.05) is 123 Å². The summed E-state index contributed by atoms with van der Waals surface area (Å²) in [5.41, 5.74) is 13.9. The second-order valence-corrected chi connectivity index (χ2v) is 22.1. The number of hydrogen-bond donors (Lipinski definition) is 0. The minimum absolute atomic E-state index is 0. The van der Waals surface area contributed by atoms with Crippen molar-refractivity contribution in [1.29, 1.82) is 0 Å². The summed E-state index contributed by atoms with van der Waals surface area (Å²) in [7, 11) is 0. The molecule has 0 aliphatic heterocycles. The molecule has 0 amide bonds. The molecule has 0 N–H and O–H groups in total. The molecule has 0 atom stereocenters. The van der Waals surface area contributed by atoms with Gasteiger partial charge < -0.3 is 24.8 Å². The zero-order chi connectivity index (χ0) is 32.5. The molecule has 246 valence electrons. The van der Waals surface area contributed by atoms with Gasteiger partial charge in [0.25, 0.3) is 0 Å². The molecule has 47 heavy (non-hydrogen) atoms. The first-order valence-corrected chi connectivity index (χ1v) is 22.9. The molecule has 0 nitrogen and oxygen atoms in total. The van der Waals surface area contributed by atoms with Crippen LogP contribution in [0.5, 0.6) is 0 Å². The first kappa shape index (κ1) is 41.0. The molecule has 6 aromatic carbocycles. The van der Waals surface area contributed by atoms with Crippen molar-refractivity contribution in [2.45, 2.75) is 86.7 Å². The van der Waals surface area contributed by atoms with Crippen molar-refractivity contribution < 1.29 is 48.1 Å². The topological polar surface area (TPSA) is 0 Å².